The number of methoxy groups -OCH3 is 1. The van der Waals surface area contributed by atoms with Gasteiger partial charge < -0.3 is 4.74 Å². The summed E-state index contributed by atoms with van der Waals surface area (Å²) < 4.78 is 5.46. The molecule has 0 aliphatic carbocycles. The standard InChI is InChI=1S/C29H31N3O2/c1-20-11-12-26(21(2)15-20)27-17-28(23-9-6-10-25(16-23)34-3)32(30-27)29(33)19-31-14-13-22-7-4-5-8-24(22)18-31/h4-12,15-16,28H,13-14,17-19H2,1-3H3. The second kappa shape index (κ2) is 9.43. The predicted molar refractivity (Wildman–Crippen MR) is 135 cm³/mol. The Hall–Kier alpha value is -3.44. The lowest BCUT2D eigenvalue weighted by Gasteiger charge is -2.30. The van der Waals surface area contributed by atoms with Gasteiger partial charge in [-0.1, -0.05) is 60.2 Å². The van der Waals surface area contributed by atoms with Gasteiger partial charge in [0, 0.05) is 25.1 Å². The zero-order valence-corrected chi connectivity index (χ0v) is 20.1. The summed E-state index contributed by atoms with van der Waals surface area (Å²) >= 11 is 0. The summed E-state index contributed by atoms with van der Waals surface area (Å²) in [7, 11) is 1.67. The van der Waals surface area contributed by atoms with Gasteiger partial charge >= 0.3 is 0 Å². The fourth-order valence-electron chi connectivity index (χ4n) is 5.10. The van der Waals surface area contributed by atoms with Crippen LogP contribution < -0.4 is 4.74 Å². The number of hydrazone groups is 1. The van der Waals surface area contributed by atoms with E-state index in [0.717, 1.165) is 42.1 Å². The molecule has 0 fully saturated rings. The van der Waals surface area contributed by atoms with E-state index in [1.54, 1.807) is 12.1 Å². The number of fused-ring (bicyclic) bond motifs is 1. The predicted octanol–water partition coefficient (Wildman–Crippen LogP) is 5.05. The highest BCUT2D eigenvalue weighted by Crippen LogP contribution is 2.35. The third-order valence-electron chi connectivity index (χ3n) is 6.91. The molecular formula is C29H31N3O2. The molecule has 174 valence electrons. The van der Waals surface area contributed by atoms with E-state index in [4.69, 9.17) is 9.84 Å². The summed E-state index contributed by atoms with van der Waals surface area (Å²) in [6.45, 7) is 6.25. The van der Waals surface area contributed by atoms with Gasteiger partial charge in [0.1, 0.15) is 5.75 Å². The van der Waals surface area contributed by atoms with E-state index in [9.17, 15) is 4.79 Å². The zero-order valence-electron chi connectivity index (χ0n) is 20.1. The summed E-state index contributed by atoms with van der Waals surface area (Å²) in [4.78, 5) is 15.9. The Balaban J connectivity index is 1.43. The summed E-state index contributed by atoms with van der Waals surface area (Å²) in [5.74, 6) is 0.824. The average molecular weight is 454 g/mol. The van der Waals surface area contributed by atoms with Crippen LogP contribution >= 0.6 is 0 Å². The van der Waals surface area contributed by atoms with E-state index < -0.39 is 0 Å². The summed E-state index contributed by atoms with van der Waals surface area (Å²) in [6.07, 6.45) is 1.66. The summed E-state index contributed by atoms with van der Waals surface area (Å²) in [5, 5.41) is 6.62. The van der Waals surface area contributed by atoms with Crippen LogP contribution in [0.15, 0.2) is 71.8 Å². The molecule has 0 bridgehead atoms. The average Bonchev–Trinajstić information content (AvgIpc) is 3.29. The normalized spacial score (nSPS) is 17.9. The third-order valence-corrected chi connectivity index (χ3v) is 6.91. The largest absolute Gasteiger partial charge is 0.497 e. The van der Waals surface area contributed by atoms with Gasteiger partial charge in [0.25, 0.3) is 5.91 Å². The molecule has 2 heterocycles. The van der Waals surface area contributed by atoms with Crippen molar-refractivity contribution in [1.82, 2.24) is 9.91 Å². The number of nitrogens with zero attached hydrogens (tertiary/aromatic N) is 3. The Morgan fingerprint density at radius 1 is 1.03 bits per heavy atom. The molecule has 34 heavy (non-hydrogen) atoms. The molecule has 1 amide bonds. The maximum Gasteiger partial charge on any atom is 0.257 e. The van der Waals surface area contributed by atoms with Crippen LogP contribution in [0, 0.1) is 13.8 Å². The quantitative estimate of drug-likeness (QED) is 0.543. The fourth-order valence-corrected chi connectivity index (χ4v) is 5.10. The van der Waals surface area contributed by atoms with E-state index >= 15 is 0 Å². The molecule has 2 aliphatic rings. The van der Waals surface area contributed by atoms with Crippen molar-refractivity contribution in [2.45, 2.75) is 39.3 Å². The van der Waals surface area contributed by atoms with Crippen LogP contribution in [0.2, 0.25) is 0 Å². The first-order valence-corrected chi connectivity index (χ1v) is 11.9. The molecule has 0 radical (unpaired) electrons. The minimum atomic E-state index is -0.143. The van der Waals surface area contributed by atoms with E-state index in [1.165, 1.54) is 22.3 Å². The van der Waals surface area contributed by atoms with Gasteiger partial charge in [-0.15, -0.1) is 0 Å². The molecular weight excluding hydrogens is 422 g/mol. The molecule has 0 aromatic heterocycles. The van der Waals surface area contributed by atoms with Crippen molar-refractivity contribution >= 4 is 11.6 Å². The molecule has 5 rings (SSSR count). The van der Waals surface area contributed by atoms with Gasteiger partial charge in [-0.05, 0) is 54.7 Å². The first kappa shape index (κ1) is 22.4. The van der Waals surface area contributed by atoms with Gasteiger partial charge in [0.15, 0.2) is 0 Å². The first-order chi connectivity index (χ1) is 16.5. The van der Waals surface area contributed by atoms with Gasteiger partial charge in [0.05, 0.1) is 25.4 Å². The zero-order chi connectivity index (χ0) is 23.7. The smallest absolute Gasteiger partial charge is 0.257 e. The summed E-state index contributed by atoms with van der Waals surface area (Å²) in [5.41, 5.74) is 8.22. The number of amides is 1. The highest BCUT2D eigenvalue weighted by molar-refractivity contribution is 6.04. The SMILES string of the molecule is COc1cccc(C2CC(c3ccc(C)cc3C)=NN2C(=O)CN2CCc3ccccc3C2)c1. The monoisotopic (exact) mass is 453 g/mol. The number of rotatable bonds is 5. The van der Waals surface area contributed by atoms with Gasteiger partial charge in [-0.25, -0.2) is 5.01 Å². The van der Waals surface area contributed by atoms with Gasteiger partial charge in [-0.2, -0.15) is 5.10 Å². The van der Waals surface area contributed by atoms with E-state index in [0.29, 0.717) is 13.0 Å². The molecule has 5 heteroatoms. The Labute approximate surface area is 201 Å². The van der Waals surface area contributed by atoms with Crippen molar-refractivity contribution in [2.75, 3.05) is 20.2 Å². The van der Waals surface area contributed by atoms with E-state index in [-0.39, 0.29) is 11.9 Å². The maximum atomic E-state index is 13.6. The topological polar surface area (TPSA) is 45.1 Å². The van der Waals surface area contributed by atoms with E-state index in [2.05, 4.69) is 67.3 Å². The second-order valence-electron chi connectivity index (χ2n) is 9.33. The van der Waals surface area contributed by atoms with Crippen molar-refractivity contribution in [3.63, 3.8) is 0 Å². The first-order valence-electron chi connectivity index (χ1n) is 11.9. The van der Waals surface area contributed by atoms with Crippen molar-refractivity contribution in [2.24, 2.45) is 5.10 Å². The molecule has 3 aromatic rings. The van der Waals surface area contributed by atoms with Crippen LogP contribution in [0.3, 0.4) is 0 Å². The van der Waals surface area contributed by atoms with E-state index in [1.807, 2.05) is 18.2 Å². The lowest BCUT2D eigenvalue weighted by molar-refractivity contribution is -0.134. The Kier molecular flexibility index (Phi) is 6.20. The minimum absolute atomic E-state index is 0.0342. The Morgan fingerprint density at radius 3 is 2.65 bits per heavy atom. The highest BCUT2D eigenvalue weighted by Gasteiger charge is 2.34. The van der Waals surface area contributed by atoms with Crippen LogP contribution in [0.5, 0.6) is 5.75 Å². The lowest BCUT2D eigenvalue weighted by atomic mass is 9.95. The van der Waals surface area contributed by atoms with Crippen LogP contribution in [-0.2, 0) is 17.8 Å². The third kappa shape index (κ3) is 4.48. The molecule has 1 unspecified atom stereocenters. The molecule has 0 saturated heterocycles. The highest BCUT2D eigenvalue weighted by atomic mass is 16.5. The molecule has 5 nitrogen and oxygen atoms in total. The fraction of sp³-hybridized carbons (Fsp3) is 0.310. The van der Waals surface area contributed by atoms with Crippen LogP contribution in [-0.4, -0.2) is 41.7 Å². The number of hydrogen-bond donors (Lipinski definition) is 0. The maximum absolute atomic E-state index is 13.6. The molecule has 0 spiro atoms. The van der Waals surface area contributed by atoms with Crippen molar-refractivity contribution in [3.8, 4) is 5.75 Å². The number of benzene rings is 3. The van der Waals surface area contributed by atoms with Gasteiger partial charge in [0.2, 0.25) is 0 Å². The number of hydrogen-bond acceptors (Lipinski definition) is 4. The van der Waals surface area contributed by atoms with Crippen molar-refractivity contribution in [1.29, 1.82) is 0 Å². The molecule has 2 aliphatic heterocycles. The lowest BCUT2D eigenvalue weighted by Crippen LogP contribution is -2.40. The number of aryl methyl sites for hydroxylation is 2. The second-order valence-corrected chi connectivity index (χ2v) is 9.33. The van der Waals surface area contributed by atoms with Crippen molar-refractivity contribution in [3.05, 3.63) is 100 Å². The van der Waals surface area contributed by atoms with Crippen LogP contribution in [0.4, 0.5) is 0 Å². The van der Waals surface area contributed by atoms with Crippen molar-refractivity contribution < 1.29 is 9.53 Å². The van der Waals surface area contributed by atoms with Crippen LogP contribution in [0.1, 0.15) is 45.8 Å². The van der Waals surface area contributed by atoms with Crippen LogP contribution in [0.25, 0.3) is 0 Å². The number of ether oxygens (including phenoxy) is 1. The Bertz CT molecular complexity index is 1250. The number of carbonyl (C=O) groups is 1. The molecule has 0 saturated carbocycles. The summed E-state index contributed by atoms with van der Waals surface area (Å²) in [6, 6.07) is 22.8. The molecule has 0 N–H and O–H groups in total. The molecule has 1 atom stereocenters. The van der Waals surface area contributed by atoms with Gasteiger partial charge in [-0.3, -0.25) is 9.69 Å². The Morgan fingerprint density at radius 2 is 1.85 bits per heavy atom. The minimum Gasteiger partial charge on any atom is -0.497 e. The molecule has 3 aromatic carbocycles. The number of carbonyl (C=O) groups excluding carboxylic acids is 1.